The lowest BCUT2D eigenvalue weighted by atomic mass is 10.2. The molecule has 2 nitrogen and oxygen atoms in total. The van der Waals surface area contributed by atoms with Crippen LogP contribution in [0.25, 0.3) is 0 Å². The fraction of sp³-hybridized carbons (Fsp3) is 0.500. The van der Waals surface area contributed by atoms with Crippen molar-refractivity contribution >= 4 is 17.3 Å². The van der Waals surface area contributed by atoms with Gasteiger partial charge in [0.1, 0.15) is 5.82 Å². The average molecular weight is 243 g/mol. The molecule has 1 heterocycles. The number of anilines is 1. The van der Waals surface area contributed by atoms with Gasteiger partial charge in [0.2, 0.25) is 0 Å². The molecule has 0 spiro atoms. The molecule has 1 fully saturated rings. The van der Waals surface area contributed by atoms with Crippen LogP contribution >= 0.6 is 11.6 Å². The van der Waals surface area contributed by atoms with Crippen molar-refractivity contribution in [3.8, 4) is 0 Å². The van der Waals surface area contributed by atoms with Gasteiger partial charge in [0, 0.05) is 18.8 Å². The van der Waals surface area contributed by atoms with Crippen LogP contribution < -0.4 is 10.2 Å². The normalized spacial score (nSPS) is 18.0. The molecule has 0 amide bonds. The summed E-state index contributed by atoms with van der Waals surface area (Å²) in [5.74, 6) is -0.348. The van der Waals surface area contributed by atoms with Gasteiger partial charge in [-0.2, -0.15) is 0 Å². The maximum Gasteiger partial charge on any atom is 0.141 e. The number of nitrogens with zero attached hydrogens (tertiary/aromatic N) is 1. The monoisotopic (exact) mass is 242 g/mol. The summed E-state index contributed by atoms with van der Waals surface area (Å²) in [6.07, 6.45) is 2.21. The summed E-state index contributed by atoms with van der Waals surface area (Å²) in [7, 11) is 0. The highest BCUT2D eigenvalue weighted by Crippen LogP contribution is 2.23. The molecule has 0 bridgehead atoms. The standard InChI is InChI=1S/C12H16ClFN2/c13-11-9-10(3-4-12(11)14)16-7-1-5-15-6-2-8-16/h3-4,9,15H,1-2,5-8H2. The Morgan fingerprint density at radius 3 is 2.50 bits per heavy atom. The van der Waals surface area contributed by atoms with Crippen LogP contribution in [0.4, 0.5) is 10.1 Å². The third-order valence-corrected chi connectivity index (χ3v) is 3.12. The number of rotatable bonds is 1. The van der Waals surface area contributed by atoms with E-state index in [-0.39, 0.29) is 10.8 Å². The van der Waals surface area contributed by atoms with E-state index in [9.17, 15) is 4.39 Å². The van der Waals surface area contributed by atoms with Crippen LogP contribution in [-0.4, -0.2) is 26.2 Å². The van der Waals surface area contributed by atoms with E-state index in [1.807, 2.05) is 0 Å². The smallest absolute Gasteiger partial charge is 0.141 e. The Balaban J connectivity index is 2.11. The zero-order chi connectivity index (χ0) is 11.4. The molecule has 2 rings (SSSR count). The number of hydrogen-bond acceptors (Lipinski definition) is 2. The lowest BCUT2D eigenvalue weighted by Crippen LogP contribution is -2.33. The topological polar surface area (TPSA) is 15.3 Å². The highest BCUT2D eigenvalue weighted by Gasteiger charge is 2.10. The second-order valence-electron chi connectivity index (χ2n) is 4.04. The molecule has 88 valence electrons. The Kier molecular flexibility index (Phi) is 4.02. The van der Waals surface area contributed by atoms with E-state index >= 15 is 0 Å². The van der Waals surface area contributed by atoms with E-state index in [4.69, 9.17) is 11.6 Å². The van der Waals surface area contributed by atoms with Crippen LogP contribution in [0.1, 0.15) is 12.8 Å². The number of hydrogen-bond donors (Lipinski definition) is 1. The molecular weight excluding hydrogens is 227 g/mol. The molecule has 0 aromatic heterocycles. The molecule has 0 atom stereocenters. The van der Waals surface area contributed by atoms with E-state index in [0.717, 1.165) is 44.7 Å². The summed E-state index contributed by atoms with van der Waals surface area (Å²) in [4.78, 5) is 2.27. The first kappa shape index (κ1) is 11.7. The van der Waals surface area contributed by atoms with Crippen molar-refractivity contribution in [2.24, 2.45) is 0 Å². The molecular formula is C12H16ClFN2. The Morgan fingerprint density at radius 2 is 1.88 bits per heavy atom. The van der Waals surface area contributed by atoms with Crippen molar-refractivity contribution in [2.45, 2.75) is 12.8 Å². The molecule has 1 N–H and O–H groups in total. The van der Waals surface area contributed by atoms with Gasteiger partial charge in [-0.15, -0.1) is 0 Å². The summed E-state index contributed by atoms with van der Waals surface area (Å²) < 4.78 is 13.1. The van der Waals surface area contributed by atoms with Crippen LogP contribution in [0, 0.1) is 5.82 Å². The number of benzene rings is 1. The molecule has 1 saturated heterocycles. The average Bonchev–Trinajstić information content (AvgIpc) is 2.22. The quantitative estimate of drug-likeness (QED) is 0.815. The van der Waals surface area contributed by atoms with Gasteiger partial charge >= 0.3 is 0 Å². The second kappa shape index (κ2) is 5.51. The van der Waals surface area contributed by atoms with Gasteiger partial charge in [0.25, 0.3) is 0 Å². The predicted octanol–water partition coefficient (Wildman–Crippen LogP) is 2.67. The first-order valence-electron chi connectivity index (χ1n) is 5.68. The van der Waals surface area contributed by atoms with Crippen molar-refractivity contribution in [3.05, 3.63) is 29.0 Å². The molecule has 1 aromatic carbocycles. The van der Waals surface area contributed by atoms with Gasteiger partial charge in [-0.25, -0.2) is 4.39 Å². The molecule has 0 aliphatic carbocycles. The number of nitrogens with one attached hydrogen (secondary N) is 1. The molecule has 0 radical (unpaired) electrons. The van der Waals surface area contributed by atoms with Gasteiger partial charge in [-0.1, -0.05) is 11.6 Å². The Hall–Kier alpha value is -0.800. The zero-order valence-electron chi connectivity index (χ0n) is 9.18. The van der Waals surface area contributed by atoms with Crippen molar-refractivity contribution in [1.82, 2.24) is 5.32 Å². The molecule has 1 aliphatic rings. The second-order valence-corrected chi connectivity index (χ2v) is 4.45. The predicted molar refractivity (Wildman–Crippen MR) is 65.7 cm³/mol. The fourth-order valence-corrected chi connectivity index (χ4v) is 2.14. The van der Waals surface area contributed by atoms with Gasteiger partial charge in [0.15, 0.2) is 0 Å². The van der Waals surface area contributed by atoms with Gasteiger partial charge in [0.05, 0.1) is 5.02 Å². The largest absolute Gasteiger partial charge is 0.371 e. The maximum absolute atomic E-state index is 13.1. The summed E-state index contributed by atoms with van der Waals surface area (Å²) in [6, 6.07) is 4.96. The van der Waals surface area contributed by atoms with Crippen molar-refractivity contribution in [3.63, 3.8) is 0 Å². The zero-order valence-corrected chi connectivity index (χ0v) is 9.93. The Morgan fingerprint density at radius 1 is 1.19 bits per heavy atom. The molecule has 1 aromatic rings. The summed E-state index contributed by atoms with van der Waals surface area (Å²) in [5.41, 5.74) is 1.02. The van der Waals surface area contributed by atoms with Gasteiger partial charge in [-0.3, -0.25) is 0 Å². The third-order valence-electron chi connectivity index (χ3n) is 2.83. The maximum atomic E-state index is 13.1. The van der Waals surface area contributed by atoms with E-state index in [1.54, 1.807) is 12.1 Å². The van der Waals surface area contributed by atoms with Crippen molar-refractivity contribution in [2.75, 3.05) is 31.1 Å². The Bertz CT molecular complexity index is 349. The highest BCUT2D eigenvalue weighted by atomic mass is 35.5. The summed E-state index contributed by atoms with van der Waals surface area (Å²) in [6.45, 7) is 4.08. The van der Waals surface area contributed by atoms with Crippen LogP contribution in [0.2, 0.25) is 5.02 Å². The first-order valence-corrected chi connectivity index (χ1v) is 6.06. The van der Waals surface area contributed by atoms with Crippen LogP contribution in [0.5, 0.6) is 0 Å². The van der Waals surface area contributed by atoms with Crippen LogP contribution in [-0.2, 0) is 0 Å². The van der Waals surface area contributed by atoms with Gasteiger partial charge < -0.3 is 10.2 Å². The molecule has 0 unspecified atom stereocenters. The van der Waals surface area contributed by atoms with E-state index < -0.39 is 0 Å². The summed E-state index contributed by atoms with van der Waals surface area (Å²) >= 11 is 5.79. The molecule has 1 aliphatic heterocycles. The van der Waals surface area contributed by atoms with E-state index in [0.29, 0.717) is 0 Å². The molecule has 4 heteroatoms. The summed E-state index contributed by atoms with van der Waals surface area (Å²) in [5, 5.41) is 3.57. The highest BCUT2D eigenvalue weighted by molar-refractivity contribution is 6.31. The first-order chi connectivity index (χ1) is 7.77. The minimum absolute atomic E-state index is 0.206. The van der Waals surface area contributed by atoms with Crippen LogP contribution in [0.3, 0.4) is 0 Å². The van der Waals surface area contributed by atoms with E-state index in [2.05, 4.69) is 10.2 Å². The Labute approximate surface area is 100 Å². The lowest BCUT2D eigenvalue weighted by Gasteiger charge is -2.27. The SMILES string of the molecule is Fc1ccc(N2CCCNCCC2)cc1Cl. The minimum Gasteiger partial charge on any atom is -0.371 e. The van der Waals surface area contributed by atoms with Crippen LogP contribution in [0.15, 0.2) is 18.2 Å². The molecule has 0 saturated carbocycles. The molecule has 16 heavy (non-hydrogen) atoms. The van der Waals surface area contributed by atoms with Crippen molar-refractivity contribution < 1.29 is 4.39 Å². The van der Waals surface area contributed by atoms with Crippen molar-refractivity contribution in [1.29, 1.82) is 0 Å². The fourth-order valence-electron chi connectivity index (χ4n) is 1.97. The number of halogens is 2. The van der Waals surface area contributed by atoms with E-state index in [1.165, 1.54) is 6.07 Å². The third kappa shape index (κ3) is 2.86. The lowest BCUT2D eigenvalue weighted by molar-refractivity contribution is 0.567. The minimum atomic E-state index is -0.348. The van der Waals surface area contributed by atoms with Gasteiger partial charge in [-0.05, 0) is 44.1 Å².